The molecular weight excluding hydrogens is 440 g/mol. The number of benzene rings is 2. The van der Waals surface area contributed by atoms with Crippen LogP contribution in [0.2, 0.25) is 0 Å². The quantitative estimate of drug-likeness (QED) is 0.371. The van der Waals surface area contributed by atoms with E-state index >= 15 is 0 Å². The normalized spacial score (nSPS) is 13.3. The highest BCUT2D eigenvalue weighted by molar-refractivity contribution is 6.07. The molecule has 0 bridgehead atoms. The molecule has 186 valence electrons. The van der Waals surface area contributed by atoms with E-state index in [1.54, 1.807) is 19.1 Å². The number of amidine groups is 1. The van der Waals surface area contributed by atoms with Crippen LogP contribution < -0.4 is 10.6 Å². The topological polar surface area (TPSA) is 104 Å². The number of aryl methyl sites for hydroxylation is 1. The lowest BCUT2D eigenvalue weighted by Gasteiger charge is -2.25. The lowest BCUT2D eigenvalue weighted by Crippen LogP contribution is -2.43. The van der Waals surface area contributed by atoms with Gasteiger partial charge in [-0.25, -0.2) is 4.79 Å². The van der Waals surface area contributed by atoms with Crippen molar-refractivity contribution in [1.29, 1.82) is 5.26 Å². The van der Waals surface area contributed by atoms with Crippen molar-refractivity contribution in [3.8, 4) is 6.07 Å². The Morgan fingerprint density at radius 1 is 1.06 bits per heavy atom. The van der Waals surface area contributed by atoms with Crippen molar-refractivity contribution in [3.05, 3.63) is 71.8 Å². The Morgan fingerprint density at radius 3 is 2.26 bits per heavy atom. The van der Waals surface area contributed by atoms with E-state index in [0.717, 1.165) is 12.8 Å². The number of alkyl carbamates (subject to hydrolysis) is 1. The minimum Gasteiger partial charge on any atom is -0.450 e. The Hall–Kier alpha value is -3.66. The molecule has 2 atom stereocenters. The first kappa shape index (κ1) is 27.6. The predicted molar refractivity (Wildman–Crippen MR) is 138 cm³/mol. The first-order valence-corrected chi connectivity index (χ1v) is 12.0. The number of rotatable bonds is 10. The van der Waals surface area contributed by atoms with Gasteiger partial charge < -0.3 is 10.1 Å². The fourth-order valence-corrected chi connectivity index (χ4v) is 3.56. The largest absolute Gasteiger partial charge is 0.450 e. The summed E-state index contributed by atoms with van der Waals surface area (Å²) in [6.45, 7) is 7.99. The van der Waals surface area contributed by atoms with Crippen LogP contribution in [0.4, 0.5) is 4.79 Å². The van der Waals surface area contributed by atoms with Crippen molar-refractivity contribution in [2.45, 2.75) is 65.5 Å². The summed E-state index contributed by atoms with van der Waals surface area (Å²) in [5.41, 5.74) is 1.64. The SMILES string of the molecule is CCOC(=O)NC(=NC(CC(C)(C)C)C(=O)NC(C#N)CCCc1ccccc1)c1ccccc1. The van der Waals surface area contributed by atoms with E-state index in [1.165, 1.54) is 5.56 Å². The summed E-state index contributed by atoms with van der Waals surface area (Å²) >= 11 is 0. The maximum Gasteiger partial charge on any atom is 0.412 e. The van der Waals surface area contributed by atoms with Crippen LogP contribution in [0.25, 0.3) is 0 Å². The second-order valence-electron chi connectivity index (χ2n) is 9.54. The number of aliphatic imine (C=N–C) groups is 1. The highest BCUT2D eigenvalue weighted by atomic mass is 16.5. The first-order chi connectivity index (χ1) is 16.7. The van der Waals surface area contributed by atoms with Gasteiger partial charge in [0.25, 0.3) is 0 Å². The number of carbonyl (C=O) groups excluding carboxylic acids is 2. The van der Waals surface area contributed by atoms with E-state index < -0.39 is 18.2 Å². The van der Waals surface area contributed by atoms with Crippen LogP contribution in [0.3, 0.4) is 0 Å². The third-order valence-corrected chi connectivity index (χ3v) is 5.21. The maximum absolute atomic E-state index is 13.3. The fraction of sp³-hybridized carbons (Fsp3) is 0.429. The highest BCUT2D eigenvalue weighted by Gasteiger charge is 2.27. The summed E-state index contributed by atoms with van der Waals surface area (Å²) in [4.78, 5) is 30.1. The summed E-state index contributed by atoms with van der Waals surface area (Å²) in [5.74, 6) is -0.0867. The van der Waals surface area contributed by atoms with Gasteiger partial charge in [0.1, 0.15) is 17.9 Å². The minimum absolute atomic E-state index is 0.215. The van der Waals surface area contributed by atoms with Gasteiger partial charge in [0, 0.05) is 5.56 Å². The fourth-order valence-electron chi connectivity index (χ4n) is 3.56. The van der Waals surface area contributed by atoms with E-state index in [1.807, 2.05) is 57.2 Å². The van der Waals surface area contributed by atoms with Crippen LogP contribution >= 0.6 is 0 Å². The number of hydrogen-bond acceptors (Lipinski definition) is 5. The molecule has 0 fully saturated rings. The van der Waals surface area contributed by atoms with Crippen molar-refractivity contribution < 1.29 is 14.3 Å². The molecule has 0 aliphatic carbocycles. The summed E-state index contributed by atoms with van der Waals surface area (Å²) in [6, 6.07) is 20.0. The smallest absolute Gasteiger partial charge is 0.412 e. The van der Waals surface area contributed by atoms with Gasteiger partial charge in [-0.3, -0.25) is 15.1 Å². The van der Waals surface area contributed by atoms with Gasteiger partial charge in [0.15, 0.2) is 0 Å². The zero-order valence-electron chi connectivity index (χ0n) is 21.1. The van der Waals surface area contributed by atoms with E-state index in [4.69, 9.17) is 4.74 Å². The molecule has 7 nitrogen and oxygen atoms in total. The molecule has 0 aliphatic heterocycles. The maximum atomic E-state index is 13.3. The number of ether oxygens (including phenoxy) is 1. The van der Waals surface area contributed by atoms with Crippen molar-refractivity contribution in [2.24, 2.45) is 10.4 Å². The molecular formula is C28H36N4O3. The van der Waals surface area contributed by atoms with Gasteiger partial charge in [-0.05, 0) is 43.6 Å². The number of carbonyl (C=O) groups is 2. The highest BCUT2D eigenvalue weighted by Crippen LogP contribution is 2.23. The molecule has 0 heterocycles. The molecule has 2 aromatic carbocycles. The Bertz CT molecular complexity index is 1010. The van der Waals surface area contributed by atoms with E-state index in [0.29, 0.717) is 18.4 Å². The molecule has 35 heavy (non-hydrogen) atoms. The number of amides is 2. The molecule has 0 radical (unpaired) electrons. The zero-order valence-corrected chi connectivity index (χ0v) is 21.1. The Morgan fingerprint density at radius 2 is 1.69 bits per heavy atom. The number of nitrogens with zero attached hydrogens (tertiary/aromatic N) is 2. The van der Waals surface area contributed by atoms with E-state index in [-0.39, 0.29) is 23.8 Å². The minimum atomic E-state index is -0.794. The summed E-state index contributed by atoms with van der Waals surface area (Å²) < 4.78 is 5.03. The van der Waals surface area contributed by atoms with Crippen molar-refractivity contribution in [3.63, 3.8) is 0 Å². The van der Waals surface area contributed by atoms with Gasteiger partial charge in [0.2, 0.25) is 5.91 Å². The molecule has 7 heteroatoms. The second-order valence-corrected chi connectivity index (χ2v) is 9.54. The first-order valence-electron chi connectivity index (χ1n) is 12.0. The molecule has 0 aliphatic rings. The van der Waals surface area contributed by atoms with Crippen LogP contribution in [-0.2, 0) is 16.0 Å². The standard InChI is InChI=1S/C28H36N4O3/c1-5-35-27(34)32-25(22-16-10-7-11-17-22)31-24(19-28(2,3)4)26(33)30-23(20-29)18-12-15-21-13-8-6-9-14-21/h6-11,13-14,16-17,23-24H,5,12,15,18-19H2,1-4H3,(H,30,33)(H,31,32,34). The zero-order chi connectivity index (χ0) is 25.7. The van der Waals surface area contributed by atoms with Crippen LogP contribution in [0, 0.1) is 16.7 Å². The van der Waals surface area contributed by atoms with Crippen molar-refractivity contribution >= 4 is 17.8 Å². The number of hydrogen-bond donors (Lipinski definition) is 2. The molecule has 2 rings (SSSR count). The van der Waals surface area contributed by atoms with Crippen molar-refractivity contribution in [2.75, 3.05) is 6.61 Å². The summed E-state index contributed by atoms with van der Waals surface area (Å²) in [7, 11) is 0. The van der Waals surface area contributed by atoms with Gasteiger partial charge in [-0.2, -0.15) is 5.26 Å². The Kier molecular flexibility index (Phi) is 11.0. The Balaban J connectivity index is 2.20. The summed E-state index contributed by atoms with van der Waals surface area (Å²) in [5, 5.41) is 15.2. The molecule has 0 saturated carbocycles. The molecule has 2 unspecified atom stereocenters. The van der Waals surface area contributed by atoms with Crippen LogP contribution in [0.1, 0.15) is 58.1 Å². The van der Waals surface area contributed by atoms with Crippen LogP contribution in [0.5, 0.6) is 0 Å². The number of nitriles is 1. The lowest BCUT2D eigenvalue weighted by molar-refractivity contribution is -0.123. The molecule has 2 aromatic rings. The van der Waals surface area contributed by atoms with Crippen LogP contribution in [-0.4, -0.2) is 36.5 Å². The average molecular weight is 477 g/mol. The monoisotopic (exact) mass is 476 g/mol. The predicted octanol–water partition coefficient (Wildman–Crippen LogP) is 5.02. The van der Waals surface area contributed by atoms with E-state index in [9.17, 15) is 14.9 Å². The average Bonchev–Trinajstić information content (AvgIpc) is 2.83. The summed E-state index contributed by atoms with van der Waals surface area (Å²) in [6.07, 6.45) is 1.94. The third-order valence-electron chi connectivity index (χ3n) is 5.21. The van der Waals surface area contributed by atoms with Gasteiger partial charge >= 0.3 is 6.09 Å². The molecule has 2 amide bonds. The third kappa shape index (κ3) is 10.4. The van der Waals surface area contributed by atoms with Crippen LogP contribution in [0.15, 0.2) is 65.7 Å². The van der Waals surface area contributed by atoms with Gasteiger partial charge in [-0.1, -0.05) is 81.4 Å². The molecule has 0 saturated heterocycles. The van der Waals surface area contributed by atoms with Crippen molar-refractivity contribution in [1.82, 2.24) is 10.6 Å². The van der Waals surface area contributed by atoms with E-state index in [2.05, 4.69) is 33.8 Å². The number of nitrogens with one attached hydrogen (secondary N) is 2. The second kappa shape index (κ2) is 13.9. The van der Waals surface area contributed by atoms with Gasteiger partial charge in [-0.15, -0.1) is 0 Å². The molecule has 0 spiro atoms. The van der Waals surface area contributed by atoms with Gasteiger partial charge in [0.05, 0.1) is 12.7 Å². The molecule has 0 aromatic heterocycles. The Labute approximate surface area is 208 Å². The lowest BCUT2D eigenvalue weighted by atomic mass is 9.87. The molecule has 2 N–H and O–H groups in total.